The molecule has 1 aromatic heterocycles. The molecule has 0 aliphatic rings. The summed E-state index contributed by atoms with van der Waals surface area (Å²) in [5, 5.41) is 3.86. The highest BCUT2D eigenvalue weighted by Gasteiger charge is 2.23. The fourth-order valence-corrected chi connectivity index (χ4v) is 3.65. The van der Waals surface area contributed by atoms with Crippen LogP contribution in [0, 0.1) is 13.8 Å². The number of nitrogens with zero attached hydrogens (tertiary/aromatic N) is 2. The molecular formula is C20H21N3O5S. The van der Waals surface area contributed by atoms with E-state index in [-0.39, 0.29) is 17.4 Å². The molecule has 0 amide bonds. The zero-order valence-corrected chi connectivity index (χ0v) is 17.1. The molecule has 2 aromatic carbocycles. The van der Waals surface area contributed by atoms with Gasteiger partial charge >= 0.3 is 5.97 Å². The first-order valence-electron chi connectivity index (χ1n) is 8.90. The van der Waals surface area contributed by atoms with Crippen LogP contribution >= 0.6 is 0 Å². The summed E-state index contributed by atoms with van der Waals surface area (Å²) >= 11 is 0. The number of rotatable bonds is 7. The van der Waals surface area contributed by atoms with Crippen LogP contribution in [0.1, 0.15) is 23.9 Å². The average molecular weight is 415 g/mol. The normalized spacial score (nSPS) is 12.5. The zero-order valence-electron chi connectivity index (χ0n) is 16.2. The largest absolute Gasteiger partial charge is 0.454 e. The Morgan fingerprint density at radius 3 is 2.28 bits per heavy atom. The molecule has 1 N–H and O–H groups in total. The molecule has 152 valence electrons. The third-order valence-electron chi connectivity index (χ3n) is 4.13. The van der Waals surface area contributed by atoms with Crippen LogP contribution < -0.4 is 4.72 Å². The van der Waals surface area contributed by atoms with Crippen molar-refractivity contribution in [2.75, 3.05) is 0 Å². The van der Waals surface area contributed by atoms with Crippen molar-refractivity contribution in [1.29, 1.82) is 0 Å². The molecule has 0 fully saturated rings. The Hall–Kier alpha value is -3.04. The summed E-state index contributed by atoms with van der Waals surface area (Å²) in [5.41, 5.74) is 2.81. The Morgan fingerprint density at radius 2 is 1.66 bits per heavy atom. The molecule has 0 aliphatic heterocycles. The fraction of sp³-hybridized carbons (Fsp3) is 0.250. The van der Waals surface area contributed by atoms with Gasteiger partial charge in [-0.15, -0.1) is 0 Å². The van der Waals surface area contributed by atoms with Gasteiger partial charge in [0.1, 0.15) is 6.04 Å². The van der Waals surface area contributed by atoms with Crippen molar-refractivity contribution in [3.05, 3.63) is 65.5 Å². The first-order valence-corrected chi connectivity index (χ1v) is 10.4. The van der Waals surface area contributed by atoms with Crippen LogP contribution in [0.4, 0.5) is 0 Å². The summed E-state index contributed by atoms with van der Waals surface area (Å²) in [6.45, 7) is 4.97. The van der Waals surface area contributed by atoms with E-state index in [1.807, 2.05) is 38.1 Å². The third kappa shape index (κ3) is 5.27. The minimum absolute atomic E-state index is 0.0717. The van der Waals surface area contributed by atoms with Crippen LogP contribution in [-0.4, -0.2) is 30.6 Å². The fourth-order valence-electron chi connectivity index (χ4n) is 2.46. The molecule has 9 heteroatoms. The highest BCUT2D eigenvalue weighted by atomic mass is 32.2. The molecule has 0 saturated carbocycles. The predicted molar refractivity (Wildman–Crippen MR) is 105 cm³/mol. The van der Waals surface area contributed by atoms with Gasteiger partial charge in [-0.05, 0) is 32.9 Å². The molecular weight excluding hydrogens is 394 g/mol. The second-order valence-electron chi connectivity index (χ2n) is 6.64. The molecule has 1 heterocycles. The van der Waals surface area contributed by atoms with E-state index in [4.69, 9.17) is 9.26 Å². The van der Waals surface area contributed by atoms with Gasteiger partial charge in [0, 0.05) is 5.56 Å². The summed E-state index contributed by atoms with van der Waals surface area (Å²) in [5.74, 6) is -0.262. The van der Waals surface area contributed by atoms with Crippen LogP contribution in [0.5, 0.6) is 0 Å². The van der Waals surface area contributed by atoms with Gasteiger partial charge in [0.25, 0.3) is 5.89 Å². The van der Waals surface area contributed by atoms with Crippen LogP contribution in [0.25, 0.3) is 11.4 Å². The molecule has 29 heavy (non-hydrogen) atoms. The number of aromatic nitrogens is 2. The number of carbonyl (C=O) groups excluding carboxylic acids is 1. The molecule has 0 spiro atoms. The number of sulfonamides is 1. The Morgan fingerprint density at radius 1 is 1.07 bits per heavy atom. The molecule has 8 nitrogen and oxygen atoms in total. The number of nitrogens with one attached hydrogen (secondary N) is 1. The molecule has 3 rings (SSSR count). The lowest BCUT2D eigenvalue weighted by molar-refractivity contribution is -0.147. The third-order valence-corrected chi connectivity index (χ3v) is 5.69. The monoisotopic (exact) mass is 415 g/mol. The molecule has 3 aromatic rings. The lowest BCUT2D eigenvalue weighted by Crippen LogP contribution is -2.39. The van der Waals surface area contributed by atoms with E-state index in [0.717, 1.165) is 16.7 Å². The Bertz CT molecular complexity index is 1090. The molecule has 0 aliphatic carbocycles. The predicted octanol–water partition coefficient (Wildman–Crippen LogP) is 2.76. The second kappa shape index (κ2) is 8.54. The molecule has 0 saturated heterocycles. The van der Waals surface area contributed by atoms with Crippen molar-refractivity contribution in [2.24, 2.45) is 0 Å². The van der Waals surface area contributed by atoms with E-state index in [0.29, 0.717) is 5.82 Å². The van der Waals surface area contributed by atoms with Crippen LogP contribution in [-0.2, 0) is 26.2 Å². The Kier molecular flexibility index (Phi) is 6.09. The van der Waals surface area contributed by atoms with Gasteiger partial charge in [0.05, 0.1) is 4.90 Å². The highest BCUT2D eigenvalue weighted by Crippen LogP contribution is 2.17. The number of carbonyl (C=O) groups is 1. The first kappa shape index (κ1) is 20.7. The summed E-state index contributed by atoms with van der Waals surface area (Å²) in [6, 6.07) is 12.8. The SMILES string of the molecule is Cc1ccc(-c2noc(COC(=O)[C@H](C)NS(=O)(=O)c3ccc(C)cc3)n2)cc1. The van der Waals surface area contributed by atoms with Crippen molar-refractivity contribution in [3.63, 3.8) is 0 Å². The Balaban J connectivity index is 1.57. The minimum atomic E-state index is -3.84. The van der Waals surface area contributed by atoms with Crippen molar-refractivity contribution in [3.8, 4) is 11.4 Å². The van der Waals surface area contributed by atoms with Gasteiger partial charge in [-0.2, -0.15) is 9.71 Å². The van der Waals surface area contributed by atoms with Gasteiger partial charge < -0.3 is 9.26 Å². The number of esters is 1. The molecule has 0 radical (unpaired) electrons. The van der Waals surface area contributed by atoms with Crippen molar-refractivity contribution in [1.82, 2.24) is 14.9 Å². The van der Waals surface area contributed by atoms with Crippen LogP contribution in [0.15, 0.2) is 57.9 Å². The lowest BCUT2D eigenvalue weighted by Gasteiger charge is -2.13. The Labute approximate surface area is 169 Å². The first-order chi connectivity index (χ1) is 13.7. The van der Waals surface area contributed by atoms with Crippen molar-refractivity contribution in [2.45, 2.75) is 38.3 Å². The molecule has 0 unspecified atom stereocenters. The zero-order chi connectivity index (χ0) is 21.0. The number of hydrogen-bond donors (Lipinski definition) is 1. The van der Waals surface area contributed by atoms with Crippen LogP contribution in [0.3, 0.4) is 0 Å². The second-order valence-corrected chi connectivity index (χ2v) is 8.36. The van der Waals surface area contributed by atoms with E-state index in [1.165, 1.54) is 19.1 Å². The quantitative estimate of drug-likeness (QED) is 0.591. The average Bonchev–Trinajstić information content (AvgIpc) is 3.15. The summed E-state index contributed by atoms with van der Waals surface area (Å²) in [7, 11) is -3.84. The van der Waals surface area contributed by atoms with E-state index in [2.05, 4.69) is 14.9 Å². The summed E-state index contributed by atoms with van der Waals surface area (Å²) in [4.78, 5) is 16.4. The maximum atomic E-state index is 12.4. The van der Waals surface area contributed by atoms with Gasteiger partial charge in [-0.1, -0.05) is 52.7 Å². The van der Waals surface area contributed by atoms with Crippen molar-refractivity contribution < 1.29 is 22.5 Å². The number of ether oxygens (including phenoxy) is 1. The van der Waals surface area contributed by atoms with Gasteiger partial charge in [0.15, 0.2) is 6.61 Å². The molecule has 0 bridgehead atoms. The van der Waals surface area contributed by atoms with E-state index >= 15 is 0 Å². The lowest BCUT2D eigenvalue weighted by atomic mass is 10.1. The smallest absolute Gasteiger partial charge is 0.324 e. The standard InChI is InChI=1S/C20H21N3O5S/c1-13-4-8-16(9-5-13)19-21-18(28-22-19)12-27-20(24)15(3)23-29(25,26)17-10-6-14(2)7-11-17/h4-11,15,23H,12H2,1-3H3/t15-/m0/s1. The van der Waals surface area contributed by atoms with Gasteiger partial charge in [-0.3, -0.25) is 4.79 Å². The highest BCUT2D eigenvalue weighted by molar-refractivity contribution is 7.89. The topological polar surface area (TPSA) is 111 Å². The maximum Gasteiger partial charge on any atom is 0.324 e. The number of benzene rings is 2. The van der Waals surface area contributed by atoms with Gasteiger partial charge in [-0.25, -0.2) is 8.42 Å². The van der Waals surface area contributed by atoms with Gasteiger partial charge in [0.2, 0.25) is 15.8 Å². The van der Waals surface area contributed by atoms with E-state index in [9.17, 15) is 13.2 Å². The minimum Gasteiger partial charge on any atom is -0.454 e. The van der Waals surface area contributed by atoms with Crippen molar-refractivity contribution >= 4 is 16.0 Å². The summed E-state index contributed by atoms with van der Waals surface area (Å²) in [6.07, 6.45) is 0. The number of aryl methyl sites for hydroxylation is 2. The maximum absolute atomic E-state index is 12.4. The van der Waals surface area contributed by atoms with E-state index < -0.39 is 22.0 Å². The summed E-state index contributed by atoms with van der Waals surface area (Å²) < 4.78 is 37.2. The molecule has 1 atom stereocenters. The van der Waals surface area contributed by atoms with E-state index in [1.54, 1.807) is 12.1 Å². The van der Waals surface area contributed by atoms with Crippen LogP contribution in [0.2, 0.25) is 0 Å². The number of hydrogen-bond acceptors (Lipinski definition) is 7.